The standard InChI is InChI=1S/C16H27NO/c1-5-7-8-11-18-16-10-9-13(3)12-15(16)14(4)17-6-2/h9-10,12,14,17H,5-8,11H2,1-4H3. The van der Waals surface area contributed by atoms with E-state index in [1.807, 2.05) is 0 Å². The first-order valence-electron chi connectivity index (χ1n) is 7.15. The molecule has 2 nitrogen and oxygen atoms in total. The molecule has 1 rings (SSSR count). The van der Waals surface area contributed by atoms with E-state index < -0.39 is 0 Å². The van der Waals surface area contributed by atoms with Crippen LogP contribution in [0, 0.1) is 6.92 Å². The lowest BCUT2D eigenvalue weighted by Crippen LogP contribution is -2.18. The molecular formula is C16H27NO. The van der Waals surface area contributed by atoms with Gasteiger partial charge in [-0.1, -0.05) is 44.4 Å². The molecule has 0 aromatic heterocycles. The van der Waals surface area contributed by atoms with E-state index in [2.05, 4.69) is 51.2 Å². The van der Waals surface area contributed by atoms with Crippen LogP contribution >= 0.6 is 0 Å². The molecule has 0 radical (unpaired) electrons. The monoisotopic (exact) mass is 249 g/mol. The Kier molecular flexibility index (Phi) is 6.81. The molecule has 0 spiro atoms. The molecule has 0 bridgehead atoms. The molecule has 1 atom stereocenters. The fraction of sp³-hybridized carbons (Fsp3) is 0.625. The second-order valence-electron chi connectivity index (χ2n) is 4.88. The quantitative estimate of drug-likeness (QED) is 0.696. The summed E-state index contributed by atoms with van der Waals surface area (Å²) in [5, 5.41) is 3.45. The van der Waals surface area contributed by atoms with Gasteiger partial charge in [0.25, 0.3) is 0 Å². The van der Waals surface area contributed by atoms with Gasteiger partial charge in [0.15, 0.2) is 0 Å². The van der Waals surface area contributed by atoms with Gasteiger partial charge in [-0.3, -0.25) is 0 Å². The summed E-state index contributed by atoms with van der Waals surface area (Å²) >= 11 is 0. The predicted octanol–water partition coefficient (Wildman–Crippen LogP) is 4.23. The Morgan fingerprint density at radius 2 is 2.00 bits per heavy atom. The highest BCUT2D eigenvalue weighted by Gasteiger charge is 2.10. The van der Waals surface area contributed by atoms with E-state index in [-0.39, 0.29) is 0 Å². The van der Waals surface area contributed by atoms with Gasteiger partial charge >= 0.3 is 0 Å². The molecule has 1 aromatic rings. The van der Waals surface area contributed by atoms with Crippen LogP contribution in [0.15, 0.2) is 18.2 Å². The van der Waals surface area contributed by atoms with Crippen molar-refractivity contribution in [3.05, 3.63) is 29.3 Å². The summed E-state index contributed by atoms with van der Waals surface area (Å²) in [6.07, 6.45) is 3.61. The molecule has 1 unspecified atom stereocenters. The van der Waals surface area contributed by atoms with E-state index in [4.69, 9.17) is 4.74 Å². The molecule has 0 heterocycles. The normalized spacial score (nSPS) is 12.4. The number of unbranched alkanes of at least 4 members (excludes halogenated alkanes) is 2. The maximum absolute atomic E-state index is 5.92. The summed E-state index contributed by atoms with van der Waals surface area (Å²) in [6, 6.07) is 6.79. The summed E-state index contributed by atoms with van der Waals surface area (Å²) < 4.78 is 5.92. The Balaban J connectivity index is 2.70. The number of hydrogen-bond donors (Lipinski definition) is 1. The van der Waals surface area contributed by atoms with E-state index in [0.717, 1.165) is 25.3 Å². The molecule has 0 saturated carbocycles. The highest BCUT2D eigenvalue weighted by molar-refractivity contribution is 5.38. The second kappa shape index (κ2) is 8.15. The minimum atomic E-state index is 0.344. The minimum absolute atomic E-state index is 0.344. The van der Waals surface area contributed by atoms with Gasteiger partial charge < -0.3 is 10.1 Å². The van der Waals surface area contributed by atoms with E-state index in [1.54, 1.807) is 0 Å². The number of rotatable bonds is 8. The van der Waals surface area contributed by atoms with E-state index in [9.17, 15) is 0 Å². The Morgan fingerprint density at radius 1 is 1.22 bits per heavy atom. The largest absolute Gasteiger partial charge is 0.493 e. The van der Waals surface area contributed by atoms with Crippen molar-refractivity contribution < 1.29 is 4.74 Å². The Labute approximate surface area is 112 Å². The smallest absolute Gasteiger partial charge is 0.124 e. The summed E-state index contributed by atoms with van der Waals surface area (Å²) in [7, 11) is 0. The molecule has 0 fully saturated rings. The minimum Gasteiger partial charge on any atom is -0.493 e. The lowest BCUT2D eigenvalue weighted by molar-refractivity contribution is 0.300. The summed E-state index contributed by atoms with van der Waals surface area (Å²) in [5.74, 6) is 1.03. The molecule has 18 heavy (non-hydrogen) atoms. The summed E-state index contributed by atoms with van der Waals surface area (Å²) in [6.45, 7) is 10.5. The zero-order valence-corrected chi connectivity index (χ0v) is 12.3. The van der Waals surface area contributed by atoms with Crippen molar-refractivity contribution in [2.75, 3.05) is 13.2 Å². The lowest BCUT2D eigenvalue weighted by Gasteiger charge is -2.18. The Hall–Kier alpha value is -1.02. The van der Waals surface area contributed by atoms with Crippen LogP contribution in [0.5, 0.6) is 5.75 Å². The Bertz CT molecular complexity index is 349. The van der Waals surface area contributed by atoms with Gasteiger partial charge in [0.05, 0.1) is 6.61 Å². The van der Waals surface area contributed by atoms with Crippen LogP contribution in [-0.4, -0.2) is 13.2 Å². The summed E-state index contributed by atoms with van der Waals surface area (Å²) in [4.78, 5) is 0. The second-order valence-corrected chi connectivity index (χ2v) is 4.88. The van der Waals surface area contributed by atoms with Gasteiger partial charge in [-0.2, -0.15) is 0 Å². The zero-order chi connectivity index (χ0) is 13.4. The number of aryl methyl sites for hydroxylation is 1. The average molecular weight is 249 g/mol. The first kappa shape index (κ1) is 15.0. The van der Waals surface area contributed by atoms with Crippen molar-refractivity contribution >= 4 is 0 Å². The SMILES string of the molecule is CCCCCOc1ccc(C)cc1C(C)NCC. The third-order valence-electron chi connectivity index (χ3n) is 3.15. The molecule has 2 heteroatoms. The van der Waals surface area contributed by atoms with E-state index in [0.29, 0.717) is 6.04 Å². The van der Waals surface area contributed by atoms with Gasteiger partial charge in [-0.05, 0) is 32.9 Å². The third-order valence-corrected chi connectivity index (χ3v) is 3.15. The zero-order valence-electron chi connectivity index (χ0n) is 12.3. The van der Waals surface area contributed by atoms with Crippen LogP contribution in [0.2, 0.25) is 0 Å². The highest BCUT2D eigenvalue weighted by Crippen LogP contribution is 2.26. The van der Waals surface area contributed by atoms with Crippen molar-refractivity contribution in [2.24, 2.45) is 0 Å². The maximum Gasteiger partial charge on any atom is 0.124 e. The van der Waals surface area contributed by atoms with Crippen LogP contribution < -0.4 is 10.1 Å². The number of hydrogen-bond acceptors (Lipinski definition) is 2. The fourth-order valence-corrected chi connectivity index (χ4v) is 2.09. The third kappa shape index (κ3) is 4.69. The van der Waals surface area contributed by atoms with Crippen molar-refractivity contribution in [3.63, 3.8) is 0 Å². The van der Waals surface area contributed by atoms with Crippen molar-refractivity contribution in [1.82, 2.24) is 5.32 Å². The topological polar surface area (TPSA) is 21.3 Å². The van der Waals surface area contributed by atoms with Crippen LogP contribution in [-0.2, 0) is 0 Å². The Morgan fingerprint density at radius 3 is 2.67 bits per heavy atom. The van der Waals surface area contributed by atoms with E-state index >= 15 is 0 Å². The fourth-order valence-electron chi connectivity index (χ4n) is 2.09. The maximum atomic E-state index is 5.92. The van der Waals surface area contributed by atoms with Crippen molar-refractivity contribution in [1.29, 1.82) is 0 Å². The first-order valence-corrected chi connectivity index (χ1v) is 7.15. The molecule has 1 N–H and O–H groups in total. The van der Waals surface area contributed by atoms with Crippen LogP contribution in [0.1, 0.15) is 57.2 Å². The predicted molar refractivity (Wildman–Crippen MR) is 78.3 cm³/mol. The molecule has 1 aromatic carbocycles. The van der Waals surface area contributed by atoms with Gasteiger partial charge in [0.1, 0.15) is 5.75 Å². The van der Waals surface area contributed by atoms with Crippen LogP contribution in [0.3, 0.4) is 0 Å². The highest BCUT2D eigenvalue weighted by atomic mass is 16.5. The first-order chi connectivity index (χ1) is 8.69. The molecule has 0 aliphatic heterocycles. The van der Waals surface area contributed by atoms with Crippen LogP contribution in [0.25, 0.3) is 0 Å². The molecule has 102 valence electrons. The number of benzene rings is 1. The van der Waals surface area contributed by atoms with Gasteiger partial charge in [0, 0.05) is 11.6 Å². The van der Waals surface area contributed by atoms with Crippen molar-refractivity contribution in [2.45, 2.75) is 53.0 Å². The molecule has 0 amide bonds. The molecule has 0 aliphatic rings. The number of nitrogens with one attached hydrogen (secondary N) is 1. The molecular weight excluding hydrogens is 222 g/mol. The summed E-state index contributed by atoms with van der Waals surface area (Å²) in [5.41, 5.74) is 2.56. The van der Waals surface area contributed by atoms with Gasteiger partial charge in [-0.25, -0.2) is 0 Å². The van der Waals surface area contributed by atoms with Crippen LogP contribution in [0.4, 0.5) is 0 Å². The average Bonchev–Trinajstić information content (AvgIpc) is 2.36. The van der Waals surface area contributed by atoms with Crippen molar-refractivity contribution in [3.8, 4) is 5.75 Å². The van der Waals surface area contributed by atoms with E-state index in [1.165, 1.54) is 24.0 Å². The molecule has 0 saturated heterocycles. The molecule has 0 aliphatic carbocycles. The van der Waals surface area contributed by atoms with Gasteiger partial charge in [-0.15, -0.1) is 0 Å². The van der Waals surface area contributed by atoms with Gasteiger partial charge in [0.2, 0.25) is 0 Å². The lowest BCUT2D eigenvalue weighted by atomic mass is 10.0. The number of ether oxygens (including phenoxy) is 1.